The number of hydrogen-bond donors (Lipinski definition) is 1. The fraction of sp³-hybridized carbons (Fsp3) is 0.588. The number of likely N-dealkylation sites (tertiary alicyclic amines) is 1. The minimum atomic E-state index is -0.420. The highest BCUT2D eigenvalue weighted by Crippen LogP contribution is 2.11. The van der Waals surface area contributed by atoms with Crippen molar-refractivity contribution in [2.75, 3.05) is 19.6 Å². The van der Waals surface area contributed by atoms with Crippen molar-refractivity contribution in [3.05, 3.63) is 35.9 Å². The van der Waals surface area contributed by atoms with Gasteiger partial charge in [-0.25, -0.2) is 0 Å². The van der Waals surface area contributed by atoms with E-state index < -0.39 is 6.10 Å². The van der Waals surface area contributed by atoms with Gasteiger partial charge in [0.05, 0.1) is 6.61 Å². The monoisotopic (exact) mass is 290 g/mol. The second kappa shape index (κ2) is 8.15. The third-order valence-electron chi connectivity index (χ3n) is 4.05. The number of ether oxygens (including phenoxy) is 1. The molecule has 1 fully saturated rings. The van der Waals surface area contributed by atoms with Gasteiger partial charge >= 0.3 is 0 Å². The first-order chi connectivity index (χ1) is 10.2. The molecule has 1 N–H and O–H groups in total. The summed E-state index contributed by atoms with van der Waals surface area (Å²) in [6.07, 6.45) is 2.13. The minimum absolute atomic E-state index is 0.0306. The van der Waals surface area contributed by atoms with Gasteiger partial charge in [-0.2, -0.15) is 0 Å². The standard InChI is InChI=1S/C17H26N2O2/c1-14(19-10-6-7-11-19)12-18-17(20)15(2)21-13-16-8-4-3-5-9-16/h3-5,8-9,14-15H,6-7,10-13H2,1-2H3,(H,18,20)/t14-,15-/m0/s1. The summed E-state index contributed by atoms with van der Waals surface area (Å²) < 4.78 is 5.62. The molecule has 4 nitrogen and oxygen atoms in total. The second-order valence-electron chi connectivity index (χ2n) is 5.78. The van der Waals surface area contributed by atoms with Crippen LogP contribution in [-0.2, 0) is 16.1 Å². The summed E-state index contributed by atoms with van der Waals surface area (Å²) in [4.78, 5) is 14.5. The van der Waals surface area contributed by atoms with E-state index in [0.717, 1.165) is 18.7 Å². The Labute approximate surface area is 127 Å². The lowest BCUT2D eigenvalue weighted by molar-refractivity contribution is -0.132. The van der Waals surface area contributed by atoms with Gasteiger partial charge in [-0.3, -0.25) is 9.69 Å². The van der Waals surface area contributed by atoms with Crippen molar-refractivity contribution < 1.29 is 9.53 Å². The van der Waals surface area contributed by atoms with E-state index in [1.165, 1.54) is 12.8 Å². The summed E-state index contributed by atoms with van der Waals surface area (Å²) in [7, 11) is 0. The molecule has 0 bridgehead atoms. The van der Waals surface area contributed by atoms with E-state index in [1.54, 1.807) is 6.92 Å². The molecule has 2 rings (SSSR count). The molecule has 0 radical (unpaired) electrons. The fourth-order valence-corrected chi connectivity index (χ4v) is 2.57. The van der Waals surface area contributed by atoms with Gasteiger partial charge in [0.1, 0.15) is 6.10 Å². The number of hydrogen-bond acceptors (Lipinski definition) is 3. The summed E-state index contributed by atoms with van der Waals surface area (Å²) in [6.45, 7) is 7.43. The molecular formula is C17H26N2O2. The Morgan fingerprint density at radius 2 is 1.90 bits per heavy atom. The van der Waals surface area contributed by atoms with E-state index in [1.807, 2.05) is 30.3 Å². The predicted molar refractivity (Wildman–Crippen MR) is 84.0 cm³/mol. The second-order valence-corrected chi connectivity index (χ2v) is 5.78. The van der Waals surface area contributed by atoms with Crippen molar-refractivity contribution in [1.29, 1.82) is 0 Å². The molecule has 1 aliphatic heterocycles. The third-order valence-corrected chi connectivity index (χ3v) is 4.05. The van der Waals surface area contributed by atoms with Crippen molar-refractivity contribution in [1.82, 2.24) is 10.2 Å². The van der Waals surface area contributed by atoms with Crippen molar-refractivity contribution in [3.8, 4) is 0 Å². The van der Waals surface area contributed by atoms with Crippen LogP contribution in [0.4, 0.5) is 0 Å². The molecule has 4 heteroatoms. The van der Waals surface area contributed by atoms with Crippen LogP contribution in [0.5, 0.6) is 0 Å². The minimum Gasteiger partial charge on any atom is -0.364 e. The normalized spacial score (nSPS) is 18.4. The Bertz CT molecular complexity index is 430. The highest BCUT2D eigenvalue weighted by atomic mass is 16.5. The molecule has 0 aromatic heterocycles. The molecule has 1 aromatic rings. The molecule has 1 amide bonds. The summed E-state index contributed by atoms with van der Waals surface area (Å²) in [5, 5.41) is 2.99. The Kier molecular flexibility index (Phi) is 6.21. The van der Waals surface area contributed by atoms with Gasteiger partial charge in [0.15, 0.2) is 0 Å². The lowest BCUT2D eigenvalue weighted by Crippen LogP contribution is -2.43. The molecule has 1 heterocycles. The fourth-order valence-electron chi connectivity index (χ4n) is 2.57. The van der Waals surface area contributed by atoms with Crippen molar-refractivity contribution in [2.45, 2.75) is 45.4 Å². The van der Waals surface area contributed by atoms with Crippen molar-refractivity contribution in [2.24, 2.45) is 0 Å². The lowest BCUT2D eigenvalue weighted by Gasteiger charge is -2.24. The van der Waals surface area contributed by atoms with Crippen LogP contribution in [0.3, 0.4) is 0 Å². The Hall–Kier alpha value is -1.39. The maximum absolute atomic E-state index is 12.0. The number of nitrogens with one attached hydrogen (secondary N) is 1. The summed E-state index contributed by atoms with van der Waals surface area (Å²) in [6, 6.07) is 10.3. The maximum atomic E-state index is 12.0. The topological polar surface area (TPSA) is 41.6 Å². The Morgan fingerprint density at radius 1 is 1.24 bits per heavy atom. The SMILES string of the molecule is C[C@H](OCc1ccccc1)C(=O)NC[C@H](C)N1CCCC1. The van der Waals surface area contributed by atoms with Crippen LogP contribution < -0.4 is 5.32 Å². The average molecular weight is 290 g/mol. The molecular weight excluding hydrogens is 264 g/mol. The van der Waals surface area contributed by atoms with Crippen molar-refractivity contribution in [3.63, 3.8) is 0 Å². The molecule has 21 heavy (non-hydrogen) atoms. The average Bonchev–Trinajstić information content (AvgIpc) is 3.05. The zero-order valence-electron chi connectivity index (χ0n) is 13.0. The molecule has 1 aromatic carbocycles. The molecule has 0 aliphatic carbocycles. The number of carbonyl (C=O) groups is 1. The van der Waals surface area contributed by atoms with Crippen LogP contribution in [0.25, 0.3) is 0 Å². The van der Waals surface area contributed by atoms with Crippen LogP contribution in [0.1, 0.15) is 32.3 Å². The summed E-state index contributed by atoms with van der Waals surface area (Å²) >= 11 is 0. The van der Waals surface area contributed by atoms with E-state index >= 15 is 0 Å². The van der Waals surface area contributed by atoms with Gasteiger partial charge in [0.25, 0.3) is 0 Å². The van der Waals surface area contributed by atoms with Gasteiger partial charge in [-0.15, -0.1) is 0 Å². The number of benzene rings is 1. The first-order valence-corrected chi connectivity index (χ1v) is 7.84. The quantitative estimate of drug-likeness (QED) is 0.837. The number of nitrogens with zero attached hydrogens (tertiary/aromatic N) is 1. The van der Waals surface area contributed by atoms with Gasteiger partial charge in [0.2, 0.25) is 5.91 Å². The molecule has 1 aliphatic rings. The summed E-state index contributed by atoms with van der Waals surface area (Å²) in [5.41, 5.74) is 1.09. The van der Waals surface area contributed by atoms with Crippen molar-refractivity contribution >= 4 is 5.91 Å². The van der Waals surface area contributed by atoms with Gasteiger partial charge in [-0.1, -0.05) is 30.3 Å². The molecule has 2 atom stereocenters. The lowest BCUT2D eigenvalue weighted by atomic mass is 10.2. The van der Waals surface area contributed by atoms with Crippen LogP contribution in [0, 0.1) is 0 Å². The molecule has 0 spiro atoms. The Balaban J connectivity index is 1.67. The van der Waals surface area contributed by atoms with Gasteiger partial charge in [0, 0.05) is 12.6 Å². The smallest absolute Gasteiger partial charge is 0.248 e. The molecule has 0 unspecified atom stereocenters. The van der Waals surface area contributed by atoms with Crippen LogP contribution in [-0.4, -0.2) is 42.6 Å². The zero-order chi connectivity index (χ0) is 15.1. The van der Waals surface area contributed by atoms with E-state index in [9.17, 15) is 4.79 Å². The Morgan fingerprint density at radius 3 is 2.57 bits per heavy atom. The number of rotatable bonds is 7. The van der Waals surface area contributed by atoms with Gasteiger partial charge < -0.3 is 10.1 Å². The van der Waals surface area contributed by atoms with E-state index in [2.05, 4.69) is 17.1 Å². The predicted octanol–water partition coefficient (Wildman–Crippen LogP) is 2.19. The highest BCUT2D eigenvalue weighted by Gasteiger charge is 2.20. The first-order valence-electron chi connectivity index (χ1n) is 7.84. The third kappa shape index (κ3) is 5.14. The van der Waals surface area contributed by atoms with Crippen LogP contribution >= 0.6 is 0 Å². The highest BCUT2D eigenvalue weighted by molar-refractivity contribution is 5.80. The van der Waals surface area contributed by atoms with E-state index in [0.29, 0.717) is 19.2 Å². The molecule has 1 saturated heterocycles. The summed E-state index contributed by atoms with van der Waals surface area (Å²) in [5.74, 6) is -0.0306. The zero-order valence-corrected chi connectivity index (χ0v) is 13.0. The first kappa shape index (κ1) is 16.0. The number of amides is 1. The molecule has 0 saturated carbocycles. The maximum Gasteiger partial charge on any atom is 0.248 e. The number of carbonyl (C=O) groups excluding carboxylic acids is 1. The van der Waals surface area contributed by atoms with Gasteiger partial charge in [-0.05, 0) is 45.3 Å². The van der Waals surface area contributed by atoms with E-state index in [-0.39, 0.29) is 5.91 Å². The van der Waals surface area contributed by atoms with Crippen LogP contribution in [0.2, 0.25) is 0 Å². The molecule has 116 valence electrons. The van der Waals surface area contributed by atoms with Crippen LogP contribution in [0.15, 0.2) is 30.3 Å². The largest absolute Gasteiger partial charge is 0.364 e. The van der Waals surface area contributed by atoms with E-state index in [4.69, 9.17) is 4.74 Å².